The van der Waals surface area contributed by atoms with Crippen molar-refractivity contribution >= 4 is 195 Å². The summed E-state index contributed by atoms with van der Waals surface area (Å²) in [4.78, 5) is 132. The molecule has 2 atom stereocenters. The topological polar surface area (TPSA) is 446 Å². The molecule has 1 aliphatic heterocycles. The lowest BCUT2D eigenvalue weighted by Gasteiger charge is -2.32. The highest BCUT2D eigenvalue weighted by Gasteiger charge is 2.36. The molecule has 16 N–H and O–H groups in total. The maximum atomic E-state index is 13.5. The van der Waals surface area contributed by atoms with Crippen molar-refractivity contribution in [1.82, 2.24) is 58.8 Å². The molecular weight excluding hydrogens is 2060 g/mol. The van der Waals surface area contributed by atoms with Gasteiger partial charge in [0, 0.05) is 105 Å². The van der Waals surface area contributed by atoms with Gasteiger partial charge >= 0.3 is 11.7 Å². The van der Waals surface area contributed by atoms with Crippen LogP contribution in [0.1, 0.15) is 294 Å². The van der Waals surface area contributed by atoms with E-state index in [0.717, 1.165) is 135 Å². The number of fused-ring (bicyclic) bond motifs is 6. The van der Waals surface area contributed by atoms with Crippen molar-refractivity contribution < 1.29 is 34.5 Å². The van der Waals surface area contributed by atoms with E-state index in [2.05, 4.69) is 162 Å². The minimum Gasteiger partial charge on any atom is -0.478 e. The molecular formula is C99H118BBr5ClN17O12. The number of H-pyrrole nitrogens is 3. The fraction of sp³-hybridized carbons (Fsp3) is 0.434. The Morgan fingerprint density at radius 1 is 0.481 bits per heavy atom. The Morgan fingerprint density at radius 3 is 1.33 bits per heavy atom. The van der Waals surface area contributed by atoms with E-state index >= 15 is 0 Å². The fourth-order valence-electron chi connectivity index (χ4n) is 15.6. The van der Waals surface area contributed by atoms with Crippen LogP contribution in [0.4, 0.5) is 23.3 Å². The SMILES string of the molecule is CC(C)(C)Nc1nc2c(Br)cccc2c(=O)n1C1CCC1.CC(C)(O)C(C)(C)O.C[C@H]1NC(=O)c2cc(-c3cccc4c(=O)n(C5CCC5)c(NC(C)(C)C)nc34)[nH]c21.NC1CCC1.Nc1c(Br)cccc1C(=O)NC1CCC1.Nc1c(Br)cccc1C(=O)O.O=c1[nH]c2c(Br)cccc2c(=O)n1C1CCC1.O=c1c2cccc(Br)c2nc(Cl)n1C1CCC1.[B]c1cc2c([nH]1)[C@@H](C)CC2=O. The first-order valence-corrected chi connectivity index (χ1v) is 49.9. The predicted molar refractivity (Wildman–Crippen MR) is 556 cm³/mol. The van der Waals surface area contributed by atoms with Crippen LogP contribution in [-0.4, -0.2) is 129 Å². The maximum absolute atomic E-state index is 13.5. The zero-order valence-corrected chi connectivity index (χ0v) is 86.5. The summed E-state index contributed by atoms with van der Waals surface area (Å²) < 4.78 is 10.4. The number of carbonyl (C=O) groups is 4. The molecule has 36 heteroatoms. The number of rotatable bonds is 11. The Hall–Kier alpha value is -9.85. The van der Waals surface area contributed by atoms with Gasteiger partial charge in [0.2, 0.25) is 17.2 Å². The summed E-state index contributed by atoms with van der Waals surface area (Å²) in [5.41, 5.74) is 23.4. The van der Waals surface area contributed by atoms with E-state index in [0.29, 0.717) is 107 Å². The molecule has 0 bridgehead atoms. The highest BCUT2D eigenvalue weighted by atomic mass is 79.9. The first-order valence-electron chi connectivity index (χ1n) is 45.6. The number of hydrogen-bond donors (Lipinski definition) is 13. The molecule has 6 aromatic carbocycles. The molecule has 0 spiro atoms. The Balaban J connectivity index is 0.000000142. The van der Waals surface area contributed by atoms with Gasteiger partial charge in [-0.05, 0) is 361 Å². The van der Waals surface area contributed by atoms with Crippen LogP contribution in [0.3, 0.4) is 0 Å². The summed E-state index contributed by atoms with van der Waals surface area (Å²) in [5.74, 6) is 0.659. The molecule has 29 nitrogen and oxygen atoms in total. The molecule has 135 heavy (non-hydrogen) atoms. The van der Waals surface area contributed by atoms with Gasteiger partial charge in [0.05, 0.1) is 94.6 Å². The number of carboxylic acid groups (broad SMARTS) is 1. The van der Waals surface area contributed by atoms with Crippen LogP contribution >= 0.6 is 91.3 Å². The van der Waals surface area contributed by atoms with E-state index in [1.165, 1.54) is 42.7 Å². The third-order valence-corrected chi connectivity index (χ3v) is 28.9. The number of nitrogens with two attached hydrogens (primary N) is 3. The minimum absolute atomic E-state index is 0.0106. The second-order valence-corrected chi connectivity index (χ2v) is 43.1. The highest BCUT2D eigenvalue weighted by molar-refractivity contribution is 9.11. The van der Waals surface area contributed by atoms with Crippen LogP contribution in [-0.2, 0) is 0 Å². The highest BCUT2D eigenvalue weighted by Crippen LogP contribution is 2.40. The number of Topliss-reactive ketones (excluding diaryl/α,β-unsaturated/α-hetero) is 1. The van der Waals surface area contributed by atoms with Crippen LogP contribution in [0, 0.1) is 0 Å². The van der Waals surface area contributed by atoms with Crippen LogP contribution in [0.25, 0.3) is 54.9 Å². The Morgan fingerprint density at radius 2 is 0.889 bits per heavy atom. The zero-order valence-electron chi connectivity index (χ0n) is 77.8. The number of aromatic carboxylic acids is 1. The Bertz CT molecular complexity index is 6730. The number of nitrogens with zero attached hydrogens (tertiary/aromatic N) is 7. The summed E-state index contributed by atoms with van der Waals surface area (Å²) in [5, 5.41) is 42.2. The van der Waals surface area contributed by atoms with Crippen molar-refractivity contribution in [2.45, 2.75) is 276 Å². The number of ketones is 1. The molecule has 0 unspecified atom stereocenters. The summed E-state index contributed by atoms with van der Waals surface area (Å²) in [6.45, 7) is 22.7. The van der Waals surface area contributed by atoms with Crippen molar-refractivity contribution in [3.05, 3.63) is 235 Å². The molecule has 8 aliphatic rings. The summed E-state index contributed by atoms with van der Waals surface area (Å²) in [6, 6.07) is 37.6. The average Bonchev–Trinajstić information content (AvgIpc) is 1.74. The molecule has 6 fully saturated rings. The lowest BCUT2D eigenvalue weighted by molar-refractivity contribution is -0.107. The summed E-state index contributed by atoms with van der Waals surface area (Å²) >= 11 is 22.8. The molecule has 6 aromatic heterocycles. The van der Waals surface area contributed by atoms with Crippen LogP contribution in [0.5, 0.6) is 0 Å². The van der Waals surface area contributed by atoms with Gasteiger partial charge in [0.15, 0.2) is 5.78 Å². The first-order chi connectivity index (χ1) is 63.6. The van der Waals surface area contributed by atoms with Crippen molar-refractivity contribution in [2.75, 3.05) is 22.1 Å². The monoisotopic (exact) mass is 2180 g/mol. The molecule has 12 aromatic rings. The molecule has 716 valence electrons. The van der Waals surface area contributed by atoms with Gasteiger partial charge in [-0.15, -0.1) is 0 Å². The number of amides is 2. The van der Waals surface area contributed by atoms with Gasteiger partial charge in [-0.2, -0.15) is 0 Å². The van der Waals surface area contributed by atoms with E-state index in [-0.39, 0.29) is 98.1 Å². The molecule has 2 amide bonds. The maximum Gasteiger partial charge on any atom is 0.337 e. The van der Waals surface area contributed by atoms with E-state index in [4.69, 9.17) is 61.9 Å². The van der Waals surface area contributed by atoms with E-state index in [9.17, 15) is 43.2 Å². The largest absolute Gasteiger partial charge is 0.478 e. The van der Waals surface area contributed by atoms with Gasteiger partial charge < -0.3 is 68.7 Å². The average molecular weight is 2180 g/mol. The molecule has 7 heterocycles. The number of nitrogen functional groups attached to an aromatic ring is 2. The number of halogens is 6. The normalized spacial score (nSPS) is 16.9. The number of aliphatic hydroxyl groups is 2. The number of aromatic amines is 3. The van der Waals surface area contributed by atoms with Gasteiger partial charge in [0.25, 0.3) is 34.1 Å². The number of carboxylic acids is 1. The van der Waals surface area contributed by atoms with Crippen molar-refractivity contribution in [1.29, 1.82) is 0 Å². The quantitative estimate of drug-likeness (QED) is 0.0325. The van der Waals surface area contributed by atoms with Crippen molar-refractivity contribution in [3.63, 3.8) is 0 Å². The smallest absolute Gasteiger partial charge is 0.337 e. The van der Waals surface area contributed by atoms with E-state index < -0.39 is 17.2 Å². The predicted octanol–water partition coefficient (Wildman–Crippen LogP) is 19.5. The second kappa shape index (κ2) is 43.9. The van der Waals surface area contributed by atoms with Crippen LogP contribution in [0.15, 0.2) is 168 Å². The van der Waals surface area contributed by atoms with E-state index in [1.807, 2.05) is 95.8 Å². The van der Waals surface area contributed by atoms with Gasteiger partial charge in [-0.3, -0.25) is 51.8 Å². The zero-order chi connectivity index (χ0) is 98.4. The molecule has 7 aliphatic carbocycles. The molecule has 20 rings (SSSR count). The second-order valence-electron chi connectivity index (χ2n) is 38.5. The van der Waals surface area contributed by atoms with Crippen LogP contribution in [0.2, 0.25) is 5.28 Å². The standard InChI is InChI=1S/C23H27N5O2.C16H20BrN3O.C12H10BrClN2O.C12H11BrN2O2.C11H13BrN2O.C8H8BNO.C7H6BrNO2.C6H14O2.C4H9N/c1-12-18-16(20(29)24-12)11-17(25-18)14-9-6-10-15-19(14)26-22(27-23(2,3)4)28(21(15)30)13-7-5-8-13;1-16(2,3)19-15-18-13-11(8-5-9-12(13)17)14(21)20(15)10-6-4-7-10;13-9-6-2-5-8-10(9)15-12(14)16(11(8)17)7-3-1-4-7;13-9-6-2-5-8-10(9)14-12(17)15(11(8)16)7-3-1-4-7;12-9-6-2-5-8(10(9)13)11(15)14-7-3-1-4-7;1-4-2-6(11)5-3-7(9)10-8(4)5;8-5-3-1-2-4(6(5)9)7(10)11;1-5(2,7)6(3,4)8;5-4-2-1-3-4/h6,9-13,25H,5,7-8H2,1-4H3,(H,24,29)(H,26,27);5,8-10H,4,6-7H2,1-3H3,(H,18,19);2,5-7H,1,3-4H2;2,5-7H,1,3-4H2,(H,14,17);2,5-7H,1,3-4,13H2,(H,14,15);3-4,10H,2H2,1H3;1-3H,9H2,(H,10,11);7-8H,1-4H3;4H,1-3,5H2/t12-;;;;;4-;;;/m1....0.../s1. The summed E-state index contributed by atoms with van der Waals surface area (Å²) in [6.07, 6.45) is 20.4. The summed E-state index contributed by atoms with van der Waals surface area (Å²) in [7, 11) is 5.51. The molecule has 0 saturated heterocycles. The number of para-hydroxylation sites is 6. The molecule has 2 radical (unpaired) electrons. The number of carbonyl (C=O) groups excluding carboxylic acids is 3. The van der Waals surface area contributed by atoms with Gasteiger partial charge in [-0.1, -0.05) is 55.8 Å². The van der Waals surface area contributed by atoms with Gasteiger partial charge in [-0.25, -0.2) is 24.5 Å². The third-order valence-electron chi connectivity index (χ3n) is 25.3. The van der Waals surface area contributed by atoms with Crippen molar-refractivity contribution in [3.8, 4) is 11.3 Å². The van der Waals surface area contributed by atoms with Gasteiger partial charge in [0.1, 0.15) is 7.85 Å². The van der Waals surface area contributed by atoms with Crippen molar-refractivity contribution in [2.24, 2.45) is 5.73 Å². The Kier molecular flexibility index (Phi) is 33.8. The molecule has 6 saturated carbocycles. The number of aromatic nitrogens is 10. The first kappa shape index (κ1) is 104. The number of benzene rings is 6. The fourth-order valence-corrected chi connectivity index (χ4v) is 18.0. The lowest BCUT2D eigenvalue weighted by Crippen LogP contribution is -2.44. The number of nitrogens with one attached hydrogen (secondary N) is 7. The number of hydrogen-bond acceptors (Lipinski definition) is 19. The Labute approximate surface area is 831 Å². The minimum atomic E-state index is -1.01. The lowest BCUT2D eigenvalue weighted by atomic mass is 9.90. The number of anilines is 4. The van der Waals surface area contributed by atoms with Crippen LogP contribution < -0.4 is 72.0 Å². The third kappa shape index (κ3) is 24.8. The van der Waals surface area contributed by atoms with E-state index in [1.54, 1.807) is 74.7 Å².